The predicted octanol–water partition coefficient (Wildman–Crippen LogP) is 2.91. The molecule has 2 aromatic rings. The van der Waals surface area contributed by atoms with Gasteiger partial charge >= 0.3 is 0 Å². The molecule has 0 saturated heterocycles. The molecule has 0 saturated carbocycles. The Labute approximate surface area is 129 Å². The minimum atomic E-state index is 0.510. The van der Waals surface area contributed by atoms with Crippen LogP contribution in [0, 0.1) is 11.3 Å². The molecule has 0 heterocycles. The van der Waals surface area contributed by atoms with Crippen LogP contribution in [-0.2, 0) is 0 Å². The van der Waals surface area contributed by atoms with Gasteiger partial charge in [-0.2, -0.15) is 11.2 Å². The Balaban J connectivity index is 2.58. The highest BCUT2D eigenvalue weighted by Gasteiger charge is 2.10. The first kappa shape index (κ1) is 15.4. The molecule has 0 fully saturated rings. The lowest BCUT2D eigenvalue weighted by atomic mass is 9.97. The third-order valence-corrected chi connectivity index (χ3v) is 3.15. The molecular formula is C17H16N2O3. The van der Waals surface area contributed by atoms with E-state index in [1.54, 1.807) is 38.5 Å². The van der Waals surface area contributed by atoms with Gasteiger partial charge in [-0.3, -0.25) is 0 Å². The Kier molecular flexibility index (Phi) is 5.02. The SMILES string of the molecule is COc1cc(OC)cc(C(=CC#N)c2cccc(ON)c2)c1. The molecule has 0 aliphatic heterocycles. The minimum Gasteiger partial charge on any atom is -0.497 e. The molecule has 0 bridgehead atoms. The van der Waals surface area contributed by atoms with Crippen molar-refractivity contribution in [3.05, 3.63) is 59.7 Å². The molecule has 0 unspecified atom stereocenters. The van der Waals surface area contributed by atoms with E-state index in [4.69, 9.17) is 25.5 Å². The van der Waals surface area contributed by atoms with E-state index in [2.05, 4.69) is 6.07 Å². The maximum Gasteiger partial charge on any atom is 0.147 e. The van der Waals surface area contributed by atoms with Crippen molar-refractivity contribution in [1.82, 2.24) is 0 Å². The van der Waals surface area contributed by atoms with E-state index in [-0.39, 0.29) is 0 Å². The standard InChI is InChI=1S/C17H16N2O3/c1-20-15-9-13(10-16(11-15)21-2)17(6-7-18)12-4-3-5-14(8-12)22-19/h3-6,8-11H,19H2,1-2H3. The number of rotatable bonds is 5. The fourth-order valence-corrected chi connectivity index (χ4v) is 2.10. The second-order valence-electron chi connectivity index (χ2n) is 4.43. The summed E-state index contributed by atoms with van der Waals surface area (Å²) < 4.78 is 10.5. The highest BCUT2D eigenvalue weighted by atomic mass is 16.6. The van der Waals surface area contributed by atoms with Gasteiger partial charge in [0, 0.05) is 12.1 Å². The van der Waals surface area contributed by atoms with Crippen molar-refractivity contribution in [3.8, 4) is 23.3 Å². The maximum absolute atomic E-state index is 9.09. The lowest BCUT2D eigenvalue weighted by molar-refractivity contribution is 0.334. The lowest BCUT2D eigenvalue weighted by Crippen LogP contribution is -2.02. The molecule has 0 aliphatic rings. The first-order valence-electron chi connectivity index (χ1n) is 6.52. The minimum absolute atomic E-state index is 0.510. The zero-order valence-electron chi connectivity index (χ0n) is 12.4. The van der Waals surface area contributed by atoms with E-state index < -0.39 is 0 Å². The first-order valence-corrected chi connectivity index (χ1v) is 6.52. The third kappa shape index (κ3) is 3.37. The average molecular weight is 296 g/mol. The van der Waals surface area contributed by atoms with Gasteiger partial charge in [-0.25, -0.2) is 0 Å². The van der Waals surface area contributed by atoms with E-state index >= 15 is 0 Å². The van der Waals surface area contributed by atoms with Crippen LogP contribution in [0.4, 0.5) is 0 Å². The fraction of sp³-hybridized carbons (Fsp3) is 0.118. The Bertz CT molecular complexity index is 711. The molecule has 0 amide bonds. The highest BCUT2D eigenvalue weighted by Crippen LogP contribution is 2.31. The molecule has 2 N–H and O–H groups in total. The van der Waals surface area contributed by atoms with Crippen LogP contribution in [0.2, 0.25) is 0 Å². The number of hydrogen-bond donors (Lipinski definition) is 1. The van der Waals surface area contributed by atoms with Gasteiger partial charge in [0.2, 0.25) is 0 Å². The lowest BCUT2D eigenvalue weighted by Gasteiger charge is -2.12. The number of nitrogens with zero attached hydrogens (tertiary/aromatic N) is 1. The monoisotopic (exact) mass is 296 g/mol. The van der Waals surface area contributed by atoms with Crippen LogP contribution in [0.5, 0.6) is 17.2 Å². The van der Waals surface area contributed by atoms with Gasteiger partial charge in [0.05, 0.1) is 20.3 Å². The fourth-order valence-electron chi connectivity index (χ4n) is 2.10. The van der Waals surface area contributed by atoms with E-state index in [1.807, 2.05) is 18.2 Å². The van der Waals surface area contributed by atoms with Crippen LogP contribution in [0.25, 0.3) is 5.57 Å². The molecule has 5 nitrogen and oxygen atoms in total. The summed E-state index contributed by atoms with van der Waals surface area (Å²) in [4.78, 5) is 4.75. The number of methoxy groups -OCH3 is 2. The molecule has 0 aromatic heterocycles. The molecular weight excluding hydrogens is 280 g/mol. The van der Waals surface area contributed by atoms with Crippen molar-refractivity contribution in [1.29, 1.82) is 5.26 Å². The van der Waals surface area contributed by atoms with Gasteiger partial charge in [0.15, 0.2) is 0 Å². The quantitative estimate of drug-likeness (QED) is 0.678. The van der Waals surface area contributed by atoms with E-state index in [9.17, 15) is 0 Å². The van der Waals surface area contributed by atoms with Crippen LogP contribution in [0.3, 0.4) is 0 Å². The number of ether oxygens (including phenoxy) is 2. The summed E-state index contributed by atoms with van der Waals surface area (Å²) in [6.07, 6.45) is 1.46. The summed E-state index contributed by atoms with van der Waals surface area (Å²) in [7, 11) is 3.16. The van der Waals surface area contributed by atoms with Crippen LogP contribution in [-0.4, -0.2) is 14.2 Å². The van der Waals surface area contributed by atoms with Crippen molar-refractivity contribution >= 4 is 5.57 Å². The van der Waals surface area contributed by atoms with E-state index in [0.717, 1.165) is 16.7 Å². The number of nitriles is 1. The summed E-state index contributed by atoms with van der Waals surface area (Å²) in [6, 6.07) is 14.7. The maximum atomic E-state index is 9.09. The predicted molar refractivity (Wildman–Crippen MR) is 83.5 cm³/mol. The molecule has 0 spiro atoms. The van der Waals surface area contributed by atoms with Crippen LogP contribution >= 0.6 is 0 Å². The van der Waals surface area contributed by atoms with Crippen LogP contribution in [0.15, 0.2) is 48.5 Å². The van der Waals surface area contributed by atoms with Gasteiger partial charge in [-0.1, -0.05) is 12.1 Å². The van der Waals surface area contributed by atoms with Crippen LogP contribution in [0.1, 0.15) is 11.1 Å². The molecule has 22 heavy (non-hydrogen) atoms. The summed E-state index contributed by atoms with van der Waals surface area (Å²) in [5.74, 6) is 6.99. The van der Waals surface area contributed by atoms with Crippen molar-refractivity contribution in [2.45, 2.75) is 0 Å². The highest BCUT2D eigenvalue weighted by molar-refractivity contribution is 5.82. The summed E-state index contributed by atoms with van der Waals surface area (Å²) in [5.41, 5.74) is 2.32. The number of allylic oxidation sites excluding steroid dienone is 1. The smallest absolute Gasteiger partial charge is 0.147 e. The van der Waals surface area contributed by atoms with Crippen molar-refractivity contribution in [2.24, 2.45) is 5.90 Å². The van der Waals surface area contributed by atoms with Gasteiger partial charge in [0.25, 0.3) is 0 Å². The Morgan fingerprint density at radius 3 is 2.18 bits per heavy atom. The molecule has 5 heteroatoms. The van der Waals surface area contributed by atoms with Crippen LogP contribution < -0.4 is 20.2 Å². The average Bonchev–Trinajstić information content (AvgIpc) is 2.59. The number of benzene rings is 2. The van der Waals surface area contributed by atoms with E-state index in [1.165, 1.54) is 6.08 Å². The normalized spacial score (nSPS) is 10.7. The molecule has 0 aliphatic carbocycles. The summed E-state index contributed by atoms with van der Waals surface area (Å²) in [5, 5.41) is 9.09. The summed E-state index contributed by atoms with van der Waals surface area (Å²) in [6.45, 7) is 0. The van der Waals surface area contributed by atoms with Gasteiger partial charge in [-0.15, -0.1) is 0 Å². The van der Waals surface area contributed by atoms with Crippen molar-refractivity contribution in [2.75, 3.05) is 14.2 Å². The molecule has 112 valence electrons. The molecule has 0 atom stereocenters. The van der Waals surface area contributed by atoms with Gasteiger partial charge in [0.1, 0.15) is 17.2 Å². The summed E-state index contributed by atoms with van der Waals surface area (Å²) >= 11 is 0. The van der Waals surface area contributed by atoms with Crippen molar-refractivity contribution in [3.63, 3.8) is 0 Å². The second kappa shape index (κ2) is 7.16. The van der Waals surface area contributed by atoms with E-state index in [0.29, 0.717) is 17.2 Å². The topological polar surface area (TPSA) is 77.5 Å². The second-order valence-corrected chi connectivity index (χ2v) is 4.43. The molecule has 2 rings (SSSR count). The van der Waals surface area contributed by atoms with Crippen molar-refractivity contribution < 1.29 is 14.3 Å². The Morgan fingerprint density at radius 1 is 1.00 bits per heavy atom. The van der Waals surface area contributed by atoms with Gasteiger partial charge in [-0.05, 0) is 41.0 Å². The number of hydrogen-bond acceptors (Lipinski definition) is 5. The Morgan fingerprint density at radius 2 is 1.64 bits per heavy atom. The third-order valence-electron chi connectivity index (χ3n) is 3.15. The van der Waals surface area contributed by atoms with Gasteiger partial charge < -0.3 is 14.3 Å². The first-order chi connectivity index (χ1) is 10.7. The zero-order chi connectivity index (χ0) is 15.9. The zero-order valence-corrected chi connectivity index (χ0v) is 12.4. The largest absolute Gasteiger partial charge is 0.497 e. The molecule has 2 aromatic carbocycles. The number of nitrogens with two attached hydrogens (primary N) is 1. The molecule has 0 radical (unpaired) electrons. The Hall–Kier alpha value is -2.97.